The number of rotatable bonds is 5. The Bertz CT molecular complexity index is 815. The summed E-state index contributed by atoms with van der Waals surface area (Å²) in [4.78, 5) is 27.3. The quantitative estimate of drug-likeness (QED) is 0.638. The lowest BCUT2D eigenvalue weighted by Crippen LogP contribution is -2.40. The fourth-order valence-corrected chi connectivity index (χ4v) is 3.62. The Hall–Kier alpha value is -1.64. The standard InChI is InChI=1S/C19H25BrN6O.2ClH/c1-12-22-17(9-18(23-12)26(2)3)24-15-4-6-16(7-5-15)25-19(27)13-8-14(20)11-21-10-13;;/h8-11,15-16H,4-7H2,1-3H3,(H,25,27)(H,22,23,24);2*1H/t15-,16+;;. The van der Waals surface area contributed by atoms with Crippen LogP contribution in [0.2, 0.25) is 0 Å². The first-order chi connectivity index (χ1) is 12.9. The monoisotopic (exact) mass is 504 g/mol. The van der Waals surface area contributed by atoms with Gasteiger partial charge in [0.15, 0.2) is 0 Å². The van der Waals surface area contributed by atoms with Crippen LogP contribution in [-0.2, 0) is 0 Å². The molecular weight excluding hydrogens is 479 g/mol. The molecule has 2 aromatic heterocycles. The summed E-state index contributed by atoms with van der Waals surface area (Å²) < 4.78 is 0.806. The highest BCUT2D eigenvalue weighted by atomic mass is 79.9. The Morgan fingerprint density at radius 2 is 1.72 bits per heavy atom. The average molecular weight is 506 g/mol. The van der Waals surface area contributed by atoms with Crippen molar-refractivity contribution in [2.24, 2.45) is 0 Å². The van der Waals surface area contributed by atoms with Crippen LogP contribution in [0.3, 0.4) is 0 Å². The largest absolute Gasteiger partial charge is 0.367 e. The van der Waals surface area contributed by atoms with Crippen LogP contribution in [0.5, 0.6) is 0 Å². The summed E-state index contributed by atoms with van der Waals surface area (Å²) in [6.45, 7) is 1.90. The van der Waals surface area contributed by atoms with Crippen molar-refractivity contribution in [1.82, 2.24) is 20.3 Å². The number of amides is 1. The van der Waals surface area contributed by atoms with Crippen molar-refractivity contribution in [3.8, 4) is 0 Å². The Morgan fingerprint density at radius 3 is 2.34 bits per heavy atom. The second-order valence-electron chi connectivity index (χ2n) is 7.11. The van der Waals surface area contributed by atoms with E-state index in [1.54, 1.807) is 18.5 Å². The summed E-state index contributed by atoms with van der Waals surface area (Å²) in [6, 6.07) is 4.31. The Balaban J connectivity index is 0.00000210. The van der Waals surface area contributed by atoms with Crippen molar-refractivity contribution in [3.05, 3.63) is 40.4 Å². The van der Waals surface area contributed by atoms with Crippen LogP contribution in [0.25, 0.3) is 0 Å². The second-order valence-corrected chi connectivity index (χ2v) is 8.03. The van der Waals surface area contributed by atoms with Crippen molar-refractivity contribution in [2.75, 3.05) is 24.3 Å². The summed E-state index contributed by atoms with van der Waals surface area (Å²) in [6.07, 6.45) is 7.12. The first-order valence-electron chi connectivity index (χ1n) is 9.11. The predicted octanol–water partition coefficient (Wildman–Crippen LogP) is 4.01. The third-order valence-electron chi connectivity index (χ3n) is 4.66. The predicted molar refractivity (Wildman–Crippen MR) is 125 cm³/mol. The van der Waals surface area contributed by atoms with E-state index < -0.39 is 0 Å². The van der Waals surface area contributed by atoms with Crippen LogP contribution < -0.4 is 15.5 Å². The third-order valence-corrected chi connectivity index (χ3v) is 5.10. The summed E-state index contributed by atoms with van der Waals surface area (Å²) in [7, 11) is 3.94. The van der Waals surface area contributed by atoms with E-state index in [0.29, 0.717) is 11.6 Å². The molecule has 1 saturated carbocycles. The number of hydrogen-bond acceptors (Lipinski definition) is 6. The highest BCUT2D eigenvalue weighted by Gasteiger charge is 2.23. The zero-order chi connectivity index (χ0) is 19.4. The van der Waals surface area contributed by atoms with Gasteiger partial charge in [-0.05, 0) is 54.6 Å². The molecule has 0 radical (unpaired) electrons. The number of anilines is 2. The SMILES string of the molecule is Cc1nc(N[C@H]2CC[C@@H](NC(=O)c3cncc(Br)c3)CC2)cc(N(C)C)n1.Cl.Cl. The molecule has 2 aromatic rings. The molecule has 7 nitrogen and oxygen atoms in total. The molecule has 0 bridgehead atoms. The summed E-state index contributed by atoms with van der Waals surface area (Å²) in [5.41, 5.74) is 0.581. The Kier molecular flexibility index (Phi) is 10.1. The fourth-order valence-electron chi connectivity index (χ4n) is 3.25. The number of carbonyl (C=O) groups excluding carboxylic acids is 1. The topological polar surface area (TPSA) is 83.0 Å². The van der Waals surface area contributed by atoms with Gasteiger partial charge in [0.05, 0.1) is 5.56 Å². The maximum Gasteiger partial charge on any atom is 0.253 e. The zero-order valence-corrected chi connectivity index (χ0v) is 19.9. The van der Waals surface area contributed by atoms with Gasteiger partial charge in [0.25, 0.3) is 5.91 Å². The molecule has 0 atom stereocenters. The molecule has 1 aliphatic carbocycles. The minimum atomic E-state index is -0.0674. The van der Waals surface area contributed by atoms with Crippen molar-refractivity contribution in [2.45, 2.75) is 44.7 Å². The number of halogens is 3. The molecule has 1 aliphatic rings. The molecule has 2 N–H and O–H groups in total. The van der Waals surface area contributed by atoms with Crippen LogP contribution in [-0.4, -0.2) is 47.0 Å². The van der Waals surface area contributed by atoms with Crippen molar-refractivity contribution >= 4 is 58.3 Å². The van der Waals surface area contributed by atoms with E-state index in [1.807, 2.05) is 32.0 Å². The Morgan fingerprint density at radius 1 is 1.07 bits per heavy atom. The van der Waals surface area contributed by atoms with Crippen molar-refractivity contribution in [3.63, 3.8) is 0 Å². The van der Waals surface area contributed by atoms with Gasteiger partial charge >= 0.3 is 0 Å². The van der Waals surface area contributed by atoms with Gasteiger partial charge in [-0.25, -0.2) is 9.97 Å². The molecule has 0 saturated heterocycles. The molecule has 0 unspecified atom stereocenters. The minimum Gasteiger partial charge on any atom is -0.367 e. The fraction of sp³-hybridized carbons (Fsp3) is 0.474. The minimum absolute atomic E-state index is 0. The lowest BCUT2D eigenvalue weighted by molar-refractivity contribution is 0.0926. The number of aryl methyl sites for hydroxylation is 1. The molecule has 0 aromatic carbocycles. The lowest BCUT2D eigenvalue weighted by atomic mass is 9.91. The van der Waals surface area contributed by atoms with Gasteiger partial charge in [0, 0.05) is 49.1 Å². The summed E-state index contributed by atoms with van der Waals surface area (Å²) >= 11 is 3.35. The number of aromatic nitrogens is 3. The molecule has 2 heterocycles. The molecule has 1 amide bonds. The van der Waals surface area contributed by atoms with Gasteiger partial charge in [0.1, 0.15) is 17.5 Å². The van der Waals surface area contributed by atoms with Gasteiger partial charge in [0.2, 0.25) is 0 Å². The molecule has 0 spiro atoms. The van der Waals surface area contributed by atoms with Gasteiger partial charge in [-0.15, -0.1) is 24.8 Å². The van der Waals surface area contributed by atoms with E-state index in [4.69, 9.17) is 0 Å². The maximum absolute atomic E-state index is 12.4. The molecule has 0 aliphatic heterocycles. The number of nitrogens with one attached hydrogen (secondary N) is 2. The second kappa shape index (κ2) is 11.5. The van der Waals surface area contributed by atoms with Crippen LogP contribution in [0.1, 0.15) is 41.9 Å². The van der Waals surface area contributed by atoms with E-state index in [1.165, 1.54) is 0 Å². The zero-order valence-electron chi connectivity index (χ0n) is 16.7. The molecular formula is C19H27BrCl2N6O. The number of nitrogens with zero attached hydrogens (tertiary/aromatic N) is 4. The smallest absolute Gasteiger partial charge is 0.253 e. The maximum atomic E-state index is 12.4. The first-order valence-corrected chi connectivity index (χ1v) is 9.91. The van der Waals surface area contributed by atoms with Gasteiger partial charge in [-0.2, -0.15) is 0 Å². The van der Waals surface area contributed by atoms with Crippen LogP contribution in [0.15, 0.2) is 29.0 Å². The van der Waals surface area contributed by atoms with Gasteiger partial charge in [-0.1, -0.05) is 0 Å². The van der Waals surface area contributed by atoms with Crippen LogP contribution in [0.4, 0.5) is 11.6 Å². The highest BCUT2D eigenvalue weighted by molar-refractivity contribution is 9.10. The van der Waals surface area contributed by atoms with Crippen molar-refractivity contribution in [1.29, 1.82) is 0 Å². The summed E-state index contributed by atoms with van der Waals surface area (Å²) in [5, 5.41) is 6.64. The van der Waals surface area contributed by atoms with E-state index >= 15 is 0 Å². The van der Waals surface area contributed by atoms with Gasteiger partial charge in [-0.3, -0.25) is 9.78 Å². The average Bonchev–Trinajstić information content (AvgIpc) is 2.63. The highest BCUT2D eigenvalue weighted by Crippen LogP contribution is 2.23. The molecule has 29 heavy (non-hydrogen) atoms. The number of pyridine rings is 1. The molecule has 10 heteroatoms. The van der Waals surface area contributed by atoms with Crippen LogP contribution in [0, 0.1) is 6.92 Å². The normalized spacial score (nSPS) is 18.1. The number of hydrogen-bond donors (Lipinski definition) is 2. The van der Waals surface area contributed by atoms with E-state index in [0.717, 1.165) is 47.6 Å². The van der Waals surface area contributed by atoms with E-state index in [2.05, 4.69) is 41.5 Å². The number of carbonyl (C=O) groups is 1. The van der Waals surface area contributed by atoms with Crippen molar-refractivity contribution < 1.29 is 4.79 Å². The van der Waals surface area contributed by atoms with E-state index in [9.17, 15) is 4.79 Å². The van der Waals surface area contributed by atoms with Gasteiger partial charge < -0.3 is 15.5 Å². The molecule has 160 valence electrons. The van der Waals surface area contributed by atoms with E-state index in [-0.39, 0.29) is 36.8 Å². The van der Waals surface area contributed by atoms with Crippen LogP contribution >= 0.6 is 40.7 Å². The third kappa shape index (κ3) is 7.28. The lowest BCUT2D eigenvalue weighted by Gasteiger charge is -2.30. The Labute approximate surface area is 192 Å². The first kappa shape index (κ1) is 25.4. The summed E-state index contributed by atoms with van der Waals surface area (Å²) in [5.74, 6) is 2.45. The molecule has 1 fully saturated rings. The molecule has 3 rings (SSSR count).